The molecule has 0 aliphatic rings. The van der Waals surface area contributed by atoms with E-state index in [2.05, 4.69) is 0 Å². The van der Waals surface area contributed by atoms with Crippen LogP contribution in [0.25, 0.3) is 0 Å². The molecule has 0 rings (SSSR count). The Morgan fingerprint density at radius 3 is 0.889 bits per heavy atom. The van der Waals surface area contributed by atoms with E-state index in [1.165, 1.54) is 0 Å². The van der Waals surface area contributed by atoms with E-state index in [1.54, 1.807) is 0 Å². The second kappa shape index (κ2) is 55.5. The van der Waals surface area contributed by atoms with Crippen LogP contribution in [0, 0.1) is 0 Å². The zero-order valence-electron chi connectivity index (χ0n) is 4.77. The van der Waals surface area contributed by atoms with Crippen molar-refractivity contribution in [3.63, 3.8) is 0 Å². The van der Waals surface area contributed by atoms with Crippen molar-refractivity contribution in [2.45, 2.75) is 0 Å². The zero-order valence-corrected chi connectivity index (χ0v) is 9.37. The minimum Gasteiger partial charge on any atom is -1.00 e. The largest absolute Gasteiger partial charge is 4.00 e. The van der Waals surface area contributed by atoms with E-state index < -0.39 is 13.2 Å². The monoisotopic (exact) mass is 313 g/mol. The number of rotatable bonds is 1. The predicted octanol–water partition coefficient (Wildman–Crippen LogP) is -11.3. The average molecular weight is 312 g/mol. The zero-order chi connectivity index (χ0) is 3.41. The Hall–Kier alpha value is 1.54. The maximum atomic E-state index is 8.99. The van der Waals surface area contributed by atoms with E-state index in [0.717, 1.165) is 0 Å². The normalized spacial score (nSPS) is 3.33. The Labute approximate surface area is 90.1 Å². The topological polar surface area (TPSA) is 82.6 Å². The van der Waals surface area contributed by atoms with E-state index in [9.17, 15) is 0 Å². The standard InChI is InChI=1S/C2H4O2.3ClH.H3N.Te/c3-1-2-4;;;;;/h1-2H2;3*1H;1H3;/q-2;;;;;+4/p-2. The summed E-state index contributed by atoms with van der Waals surface area (Å²) in [5.74, 6) is 0. The van der Waals surface area contributed by atoms with Crippen LogP contribution in [0.5, 0.6) is 0 Å². The third-order valence-corrected chi connectivity index (χ3v) is 0.0833. The van der Waals surface area contributed by atoms with Crippen LogP contribution >= 0.6 is 0 Å². The summed E-state index contributed by atoms with van der Waals surface area (Å²) in [6, 6.07) is 0. The summed E-state index contributed by atoms with van der Waals surface area (Å²) in [7, 11) is 0. The van der Waals surface area contributed by atoms with Crippen molar-refractivity contribution < 1.29 is 47.4 Å². The summed E-state index contributed by atoms with van der Waals surface area (Å²) in [5, 5.41) is 18.0. The first-order valence-electron chi connectivity index (χ1n) is 1.08. The molecule has 0 fully saturated rings. The van der Waals surface area contributed by atoms with Crippen LogP contribution < -0.4 is 53.6 Å². The van der Waals surface area contributed by atoms with Crippen molar-refractivity contribution in [3.05, 3.63) is 0 Å². The fourth-order valence-corrected chi connectivity index (χ4v) is 0. The Kier molecular flexibility index (Phi) is 287. The van der Waals surface area contributed by atoms with Crippen molar-refractivity contribution in [1.82, 2.24) is 6.15 Å². The Balaban J connectivity index is -0.00000000450. The van der Waals surface area contributed by atoms with Gasteiger partial charge < -0.3 is 53.6 Å². The molecule has 0 heterocycles. The number of halogens is 3. The van der Waals surface area contributed by atoms with Crippen molar-refractivity contribution in [2.24, 2.45) is 0 Å². The van der Waals surface area contributed by atoms with Gasteiger partial charge in [0.2, 0.25) is 0 Å². The van der Waals surface area contributed by atoms with Crippen LogP contribution in [0.3, 0.4) is 0 Å². The third-order valence-electron chi connectivity index (χ3n) is 0.0833. The molecule has 0 aromatic carbocycles. The molecule has 0 bridgehead atoms. The molecule has 4 N–H and O–H groups in total. The molecule has 0 aromatic rings. The maximum Gasteiger partial charge on any atom is 4.00 e. The fraction of sp³-hybridized carbons (Fsp3) is 1.00. The summed E-state index contributed by atoms with van der Waals surface area (Å²) in [5.41, 5.74) is 0. The SMILES string of the molecule is [Cl-].[Cl-].[Cl-].[NH4+].[O-]CC[O-].[Te+4]. The molecule has 60 valence electrons. The van der Waals surface area contributed by atoms with Gasteiger partial charge in [-0.15, -0.1) is 0 Å². The number of hydrogen-bond donors (Lipinski definition) is 1. The van der Waals surface area contributed by atoms with Gasteiger partial charge in [-0.25, -0.2) is 0 Å². The van der Waals surface area contributed by atoms with Crippen molar-refractivity contribution in [1.29, 1.82) is 0 Å². The van der Waals surface area contributed by atoms with Crippen LogP contribution in [0.15, 0.2) is 0 Å². The van der Waals surface area contributed by atoms with Crippen molar-refractivity contribution >= 4 is 23.7 Å². The van der Waals surface area contributed by atoms with E-state index in [4.69, 9.17) is 10.2 Å². The Morgan fingerprint density at radius 1 is 0.778 bits per heavy atom. The minimum absolute atomic E-state index is 0. The van der Waals surface area contributed by atoms with Gasteiger partial charge >= 0.3 is 23.7 Å². The molecule has 0 spiro atoms. The summed E-state index contributed by atoms with van der Waals surface area (Å²) < 4.78 is 0. The second-order valence-electron chi connectivity index (χ2n) is 0.408. The molecule has 0 saturated carbocycles. The minimum atomic E-state index is -0.486. The average Bonchev–Trinajstić information content (AvgIpc) is 1.37. The van der Waals surface area contributed by atoms with Gasteiger partial charge in [0.15, 0.2) is 0 Å². The summed E-state index contributed by atoms with van der Waals surface area (Å²) >= 11 is 0. The summed E-state index contributed by atoms with van der Waals surface area (Å²) in [6.45, 7) is -0.972. The third kappa shape index (κ3) is 84.1. The van der Waals surface area contributed by atoms with Gasteiger partial charge in [-0.05, 0) is 0 Å². The molecule has 3 nitrogen and oxygen atoms in total. The van der Waals surface area contributed by atoms with Crippen LogP contribution in [0.2, 0.25) is 0 Å². The second-order valence-corrected chi connectivity index (χ2v) is 0.408. The van der Waals surface area contributed by atoms with Gasteiger partial charge in [0, 0.05) is 0 Å². The van der Waals surface area contributed by atoms with E-state index in [1.807, 2.05) is 0 Å². The van der Waals surface area contributed by atoms with E-state index in [-0.39, 0.29) is 67.0 Å². The molecule has 0 aliphatic carbocycles. The quantitative estimate of drug-likeness (QED) is 0.488. The Bertz CT molecular complexity index is 21.8. The van der Waals surface area contributed by atoms with Crippen LogP contribution in [-0.2, 0) is 0 Å². The van der Waals surface area contributed by atoms with Gasteiger partial charge in [-0.2, -0.15) is 13.2 Å². The fourth-order valence-electron chi connectivity index (χ4n) is 0. The molecule has 0 aliphatic heterocycles. The molecule has 0 unspecified atom stereocenters. The molecule has 0 amide bonds. The van der Waals surface area contributed by atoms with Gasteiger partial charge in [0.05, 0.1) is 0 Å². The molecule has 7 heteroatoms. The maximum absolute atomic E-state index is 8.99. The number of hydrogen-bond acceptors (Lipinski definition) is 2. The number of quaternary nitrogens is 1. The molecule has 0 aromatic heterocycles. The molecule has 9 heavy (non-hydrogen) atoms. The van der Waals surface area contributed by atoms with E-state index in [0.29, 0.717) is 0 Å². The molecular formula is C2H8Cl3NO2Te. The molecule has 2 radical (unpaired) electrons. The van der Waals surface area contributed by atoms with Gasteiger partial charge in [0.1, 0.15) is 0 Å². The van der Waals surface area contributed by atoms with Crippen LogP contribution in [0.1, 0.15) is 0 Å². The first-order chi connectivity index (χ1) is 1.91. The van der Waals surface area contributed by atoms with Crippen LogP contribution in [0.4, 0.5) is 0 Å². The van der Waals surface area contributed by atoms with Crippen molar-refractivity contribution in [2.75, 3.05) is 13.2 Å². The van der Waals surface area contributed by atoms with Gasteiger partial charge in [-0.3, -0.25) is 0 Å². The molecule has 0 atom stereocenters. The molecule has 0 saturated heterocycles. The molecular weight excluding hydrogens is 304 g/mol. The Morgan fingerprint density at radius 2 is 0.889 bits per heavy atom. The first kappa shape index (κ1) is 46.5. The first-order valence-corrected chi connectivity index (χ1v) is 1.08. The predicted molar refractivity (Wildman–Crippen MR) is 21.5 cm³/mol. The summed E-state index contributed by atoms with van der Waals surface area (Å²) in [6.07, 6.45) is 0. The van der Waals surface area contributed by atoms with Crippen molar-refractivity contribution in [3.8, 4) is 0 Å². The van der Waals surface area contributed by atoms with Crippen LogP contribution in [-0.4, -0.2) is 36.9 Å². The smallest absolute Gasteiger partial charge is 1.00 e. The summed E-state index contributed by atoms with van der Waals surface area (Å²) in [4.78, 5) is 0. The van der Waals surface area contributed by atoms with E-state index >= 15 is 0 Å². The van der Waals surface area contributed by atoms with Gasteiger partial charge in [-0.1, -0.05) is 0 Å². The van der Waals surface area contributed by atoms with Gasteiger partial charge in [0.25, 0.3) is 0 Å².